The van der Waals surface area contributed by atoms with Crippen LogP contribution in [0.2, 0.25) is 0 Å². The third kappa shape index (κ3) is 5.05. The van der Waals surface area contributed by atoms with E-state index in [1.807, 2.05) is 0 Å². The van der Waals surface area contributed by atoms with Crippen molar-refractivity contribution in [3.05, 3.63) is 36.0 Å². The number of benzene rings is 1. The standard InChI is InChI=1S/C18H22N4O4/c1-12(23)19-14-8-5-9-15(10-14)25-11-16-21-18(26-22-16)17(24)20-13-6-3-2-4-7-13/h5,8-10,13H,2-4,6-7,11H2,1H3,(H,19,23)(H,20,24). The Morgan fingerprint density at radius 3 is 2.85 bits per heavy atom. The first-order valence-electron chi connectivity index (χ1n) is 8.74. The molecule has 2 amide bonds. The number of carbonyl (C=O) groups is 2. The van der Waals surface area contributed by atoms with Crippen molar-refractivity contribution < 1.29 is 18.8 Å². The van der Waals surface area contributed by atoms with Gasteiger partial charge in [-0.15, -0.1) is 0 Å². The molecule has 1 aromatic heterocycles. The average Bonchev–Trinajstić information content (AvgIpc) is 3.10. The minimum absolute atomic E-state index is 0.0545. The van der Waals surface area contributed by atoms with Crippen molar-refractivity contribution in [2.45, 2.75) is 51.7 Å². The van der Waals surface area contributed by atoms with Gasteiger partial charge >= 0.3 is 11.8 Å². The lowest BCUT2D eigenvalue weighted by atomic mass is 9.95. The molecule has 0 spiro atoms. The Morgan fingerprint density at radius 2 is 2.08 bits per heavy atom. The van der Waals surface area contributed by atoms with E-state index in [0.29, 0.717) is 11.4 Å². The zero-order valence-corrected chi connectivity index (χ0v) is 14.7. The average molecular weight is 358 g/mol. The van der Waals surface area contributed by atoms with Crippen LogP contribution in [0.4, 0.5) is 5.69 Å². The molecular weight excluding hydrogens is 336 g/mol. The quantitative estimate of drug-likeness (QED) is 0.822. The third-order valence-electron chi connectivity index (χ3n) is 4.13. The van der Waals surface area contributed by atoms with Gasteiger partial charge in [0.05, 0.1) is 0 Å². The Morgan fingerprint density at radius 1 is 1.27 bits per heavy atom. The van der Waals surface area contributed by atoms with E-state index in [4.69, 9.17) is 9.26 Å². The minimum atomic E-state index is -0.344. The van der Waals surface area contributed by atoms with Gasteiger partial charge in [-0.05, 0) is 25.0 Å². The number of amides is 2. The number of ether oxygens (including phenoxy) is 1. The number of hydrogen-bond acceptors (Lipinski definition) is 6. The third-order valence-corrected chi connectivity index (χ3v) is 4.13. The molecule has 8 heteroatoms. The van der Waals surface area contributed by atoms with Gasteiger partial charge in [-0.3, -0.25) is 9.59 Å². The Balaban J connectivity index is 1.53. The van der Waals surface area contributed by atoms with Gasteiger partial charge in [0, 0.05) is 24.7 Å². The van der Waals surface area contributed by atoms with Crippen LogP contribution in [0.3, 0.4) is 0 Å². The maximum Gasteiger partial charge on any atom is 0.316 e. The summed E-state index contributed by atoms with van der Waals surface area (Å²) in [6.45, 7) is 1.50. The van der Waals surface area contributed by atoms with Crippen LogP contribution in [0.15, 0.2) is 28.8 Å². The Hall–Kier alpha value is -2.90. The monoisotopic (exact) mass is 358 g/mol. The molecule has 26 heavy (non-hydrogen) atoms. The molecule has 2 N–H and O–H groups in total. The van der Waals surface area contributed by atoms with Crippen LogP contribution in [-0.2, 0) is 11.4 Å². The molecule has 0 radical (unpaired) electrons. The van der Waals surface area contributed by atoms with Crippen LogP contribution in [0.1, 0.15) is 55.5 Å². The summed E-state index contributed by atoms with van der Waals surface area (Å²) in [7, 11) is 0. The van der Waals surface area contributed by atoms with Crippen molar-refractivity contribution in [3.63, 3.8) is 0 Å². The summed E-state index contributed by atoms with van der Waals surface area (Å²) < 4.78 is 10.6. The van der Waals surface area contributed by atoms with Gasteiger partial charge in [0.1, 0.15) is 5.75 Å². The van der Waals surface area contributed by atoms with Gasteiger partial charge in [0.25, 0.3) is 0 Å². The highest BCUT2D eigenvalue weighted by molar-refractivity contribution is 5.89. The molecule has 1 fully saturated rings. The second-order valence-corrected chi connectivity index (χ2v) is 6.32. The van der Waals surface area contributed by atoms with Gasteiger partial charge in [0.2, 0.25) is 11.7 Å². The summed E-state index contributed by atoms with van der Waals surface area (Å²) in [6.07, 6.45) is 5.45. The van der Waals surface area contributed by atoms with E-state index in [2.05, 4.69) is 20.8 Å². The van der Waals surface area contributed by atoms with Crippen LogP contribution >= 0.6 is 0 Å². The molecule has 0 bridgehead atoms. The van der Waals surface area contributed by atoms with E-state index in [1.54, 1.807) is 24.3 Å². The zero-order chi connectivity index (χ0) is 18.4. The maximum absolute atomic E-state index is 12.2. The lowest BCUT2D eigenvalue weighted by Crippen LogP contribution is -2.36. The first kappa shape index (κ1) is 17.9. The predicted octanol–water partition coefficient (Wildman–Crippen LogP) is 2.67. The molecule has 8 nitrogen and oxygen atoms in total. The molecule has 2 aromatic rings. The maximum atomic E-state index is 12.2. The van der Waals surface area contributed by atoms with Gasteiger partial charge in [-0.25, -0.2) is 0 Å². The second kappa shape index (κ2) is 8.46. The van der Waals surface area contributed by atoms with E-state index in [0.717, 1.165) is 25.7 Å². The number of aromatic nitrogens is 2. The second-order valence-electron chi connectivity index (χ2n) is 6.32. The Kier molecular flexibility index (Phi) is 5.83. The van der Waals surface area contributed by atoms with Crippen molar-refractivity contribution >= 4 is 17.5 Å². The molecule has 0 saturated heterocycles. The SMILES string of the molecule is CC(=O)Nc1cccc(OCc2noc(C(=O)NC3CCCCC3)n2)c1. The molecule has 1 saturated carbocycles. The molecule has 1 aliphatic rings. The van der Waals surface area contributed by atoms with Crippen molar-refractivity contribution in [2.75, 3.05) is 5.32 Å². The highest BCUT2D eigenvalue weighted by Gasteiger charge is 2.21. The summed E-state index contributed by atoms with van der Waals surface area (Å²) in [5, 5.41) is 9.39. The molecule has 138 valence electrons. The number of nitrogens with zero attached hydrogens (tertiary/aromatic N) is 2. The van der Waals surface area contributed by atoms with Gasteiger partial charge < -0.3 is 19.9 Å². The Bertz CT molecular complexity index is 768. The molecule has 0 aliphatic heterocycles. The number of carbonyl (C=O) groups excluding carboxylic acids is 2. The lowest BCUT2D eigenvalue weighted by molar-refractivity contribution is -0.114. The summed E-state index contributed by atoms with van der Waals surface area (Å²) in [5.41, 5.74) is 0.635. The number of hydrogen-bond donors (Lipinski definition) is 2. The fraction of sp³-hybridized carbons (Fsp3) is 0.444. The first-order chi connectivity index (χ1) is 12.6. The minimum Gasteiger partial charge on any atom is -0.485 e. The molecule has 0 atom stereocenters. The highest BCUT2D eigenvalue weighted by atomic mass is 16.5. The van der Waals surface area contributed by atoms with Gasteiger partial charge in [0.15, 0.2) is 6.61 Å². The predicted molar refractivity (Wildman–Crippen MR) is 93.7 cm³/mol. The fourth-order valence-corrected chi connectivity index (χ4v) is 2.91. The summed E-state index contributed by atoms with van der Waals surface area (Å²) >= 11 is 0. The van der Waals surface area contributed by atoms with E-state index >= 15 is 0 Å². The van der Waals surface area contributed by atoms with E-state index < -0.39 is 0 Å². The lowest BCUT2D eigenvalue weighted by Gasteiger charge is -2.21. The zero-order valence-electron chi connectivity index (χ0n) is 14.7. The van der Waals surface area contributed by atoms with E-state index in [-0.39, 0.29) is 36.2 Å². The summed E-state index contributed by atoms with van der Waals surface area (Å²) in [6, 6.07) is 7.15. The van der Waals surface area contributed by atoms with Crippen LogP contribution in [0, 0.1) is 0 Å². The van der Waals surface area contributed by atoms with Crippen molar-refractivity contribution in [1.29, 1.82) is 0 Å². The normalized spacial score (nSPS) is 14.7. The Labute approximate surface area is 151 Å². The molecule has 1 aliphatic carbocycles. The molecular formula is C18H22N4O4. The largest absolute Gasteiger partial charge is 0.485 e. The molecule has 1 heterocycles. The fourth-order valence-electron chi connectivity index (χ4n) is 2.91. The molecule has 1 aromatic carbocycles. The van der Waals surface area contributed by atoms with Crippen LogP contribution in [0.25, 0.3) is 0 Å². The smallest absolute Gasteiger partial charge is 0.316 e. The molecule has 0 unspecified atom stereocenters. The van der Waals surface area contributed by atoms with Crippen molar-refractivity contribution in [2.24, 2.45) is 0 Å². The van der Waals surface area contributed by atoms with Crippen molar-refractivity contribution in [1.82, 2.24) is 15.5 Å². The van der Waals surface area contributed by atoms with Gasteiger partial charge in [-0.2, -0.15) is 4.98 Å². The highest BCUT2D eigenvalue weighted by Crippen LogP contribution is 2.19. The summed E-state index contributed by atoms with van der Waals surface area (Å²) in [4.78, 5) is 27.3. The summed E-state index contributed by atoms with van der Waals surface area (Å²) in [5.74, 6) is 0.274. The van der Waals surface area contributed by atoms with E-state index in [1.165, 1.54) is 13.3 Å². The van der Waals surface area contributed by atoms with Crippen LogP contribution < -0.4 is 15.4 Å². The number of rotatable bonds is 6. The topological polar surface area (TPSA) is 106 Å². The number of nitrogens with one attached hydrogen (secondary N) is 2. The number of anilines is 1. The first-order valence-corrected chi connectivity index (χ1v) is 8.74. The van der Waals surface area contributed by atoms with E-state index in [9.17, 15) is 9.59 Å². The molecule has 3 rings (SSSR count). The van der Waals surface area contributed by atoms with Crippen LogP contribution in [-0.4, -0.2) is 28.0 Å². The van der Waals surface area contributed by atoms with Crippen molar-refractivity contribution in [3.8, 4) is 5.75 Å². The van der Waals surface area contributed by atoms with Crippen LogP contribution in [0.5, 0.6) is 5.75 Å². The van der Waals surface area contributed by atoms with Gasteiger partial charge in [-0.1, -0.05) is 30.5 Å².